The molecule has 0 aliphatic carbocycles. The van der Waals surface area contributed by atoms with Gasteiger partial charge in [-0.3, -0.25) is 4.79 Å². The highest BCUT2D eigenvalue weighted by Gasteiger charge is 2.22. The van der Waals surface area contributed by atoms with Crippen LogP contribution >= 0.6 is 0 Å². The van der Waals surface area contributed by atoms with Crippen LogP contribution in [0.15, 0.2) is 48.8 Å². The van der Waals surface area contributed by atoms with Crippen LogP contribution in [0.2, 0.25) is 0 Å². The Morgan fingerprint density at radius 2 is 2.04 bits per heavy atom. The van der Waals surface area contributed by atoms with Gasteiger partial charge in [-0.2, -0.15) is 0 Å². The van der Waals surface area contributed by atoms with Gasteiger partial charge in [0.15, 0.2) is 0 Å². The predicted molar refractivity (Wildman–Crippen MR) is 107 cm³/mol. The third-order valence-corrected chi connectivity index (χ3v) is 5.11. The molecule has 1 fully saturated rings. The minimum Gasteiger partial charge on any atom is -0.376 e. The van der Waals surface area contributed by atoms with Gasteiger partial charge in [-0.15, -0.1) is 0 Å². The maximum Gasteiger partial charge on any atom is 0.253 e. The molecule has 5 heteroatoms. The molecule has 2 aromatic carbocycles. The predicted octanol–water partition coefficient (Wildman–Crippen LogP) is 4.26. The second-order valence-corrected chi connectivity index (χ2v) is 7.10. The van der Waals surface area contributed by atoms with Crippen molar-refractivity contribution < 1.29 is 9.53 Å². The number of hydrogen-bond donors (Lipinski definition) is 1. The topological polar surface area (TPSA) is 58.2 Å². The van der Waals surface area contributed by atoms with Crippen molar-refractivity contribution in [3.05, 3.63) is 54.4 Å². The number of carbonyl (C=O) groups excluding carboxylic acids is 1. The number of H-pyrrole nitrogens is 1. The summed E-state index contributed by atoms with van der Waals surface area (Å²) >= 11 is 0. The summed E-state index contributed by atoms with van der Waals surface area (Å²) in [7, 11) is 0. The van der Waals surface area contributed by atoms with Crippen LogP contribution in [-0.2, 0) is 4.74 Å². The molecule has 1 atom stereocenters. The molecule has 1 N–H and O–H groups in total. The van der Waals surface area contributed by atoms with Gasteiger partial charge in [-0.1, -0.05) is 25.1 Å². The van der Waals surface area contributed by atoms with Crippen LogP contribution < -0.4 is 0 Å². The number of amides is 1. The van der Waals surface area contributed by atoms with Gasteiger partial charge < -0.3 is 14.6 Å². The number of ether oxygens (including phenoxy) is 1. The fraction of sp³-hybridized carbons (Fsp3) is 0.364. The molecule has 0 saturated carbocycles. The molecule has 1 saturated heterocycles. The van der Waals surface area contributed by atoms with Crippen LogP contribution in [0, 0.1) is 0 Å². The van der Waals surface area contributed by atoms with E-state index in [-0.39, 0.29) is 12.0 Å². The van der Waals surface area contributed by atoms with Gasteiger partial charge in [0, 0.05) is 25.3 Å². The molecule has 1 aromatic heterocycles. The third-order valence-electron chi connectivity index (χ3n) is 5.11. The van der Waals surface area contributed by atoms with Gasteiger partial charge in [-0.25, -0.2) is 4.98 Å². The smallest absolute Gasteiger partial charge is 0.253 e. The lowest BCUT2D eigenvalue weighted by molar-refractivity contribution is 0.0526. The van der Waals surface area contributed by atoms with E-state index in [1.165, 1.54) is 0 Å². The SMILES string of the molecule is CCCN(C[C@@H]1CCCO1)C(=O)c1ccc(-c2ccc3nc[nH]c3c2)cc1. The summed E-state index contributed by atoms with van der Waals surface area (Å²) in [5.41, 5.74) is 4.89. The van der Waals surface area contributed by atoms with Gasteiger partial charge >= 0.3 is 0 Å². The van der Waals surface area contributed by atoms with Gasteiger partial charge in [0.25, 0.3) is 5.91 Å². The van der Waals surface area contributed by atoms with Gasteiger partial charge in [0.05, 0.1) is 23.5 Å². The van der Waals surface area contributed by atoms with Crippen molar-refractivity contribution in [3.63, 3.8) is 0 Å². The quantitative estimate of drug-likeness (QED) is 0.712. The second kappa shape index (κ2) is 7.92. The van der Waals surface area contributed by atoms with Crippen LogP contribution in [0.1, 0.15) is 36.5 Å². The first-order chi connectivity index (χ1) is 13.2. The lowest BCUT2D eigenvalue weighted by Gasteiger charge is -2.25. The molecule has 3 aromatic rings. The highest BCUT2D eigenvalue weighted by Crippen LogP contribution is 2.24. The summed E-state index contributed by atoms with van der Waals surface area (Å²) in [5, 5.41) is 0. The van der Waals surface area contributed by atoms with Gasteiger partial charge in [-0.05, 0) is 54.7 Å². The third kappa shape index (κ3) is 3.88. The molecule has 4 rings (SSSR count). The van der Waals surface area contributed by atoms with Crippen LogP contribution in [0.25, 0.3) is 22.2 Å². The van der Waals surface area contributed by atoms with E-state index in [0.717, 1.165) is 60.1 Å². The first-order valence-electron chi connectivity index (χ1n) is 9.69. The lowest BCUT2D eigenvalue weighted by atomic mass is 10.0. The van der Waals surface area contributed by atoms with E-state index in [0.29, 0.717) is 6.54 Å². The van der Waals surface area contributed by atoms with Crippen molar-refractivity contribution in [2.24, 2.45) is 0 Å². The zero-order chi connectivity index (χ0) is 18.6. The lowest BCUT2D eigenvalue weighted by Crippen LogP contribution is -2.37. The summed E-state index contributed by atoms with van der Waals surface area (Å²) in [5.74, 6) is 0.0860. The Hall–Kier alpha value is -2.66. The van der Waals surface area contributed by atoms with Crippen LogP contribution in [0.5, 0.6) is 0 Å². The number of fused-ring (bicyclic) bond motifs is 1. The van der Waals surface area contributed by atoms with Crippen molar-refractivity contribution in [1.29, 1.82) is 0 Å². The molecule has 140 valence electrons. The molecule has 0 radical (unpaired) electrons. The molecule has 0 spiro atoms. The number of benzene rings is 2. The average Bonchev–Trinajstić information content (AvgIpc) is 3.38. The van der Waals surface area contributed by atoms with Crippen molar-refractivity contribution in [3.8, 4) is 11.1 Å². The first kappa shape index (κ1) is 17.7. The van der Waals surface area contributed by atoms with Crippen LogP contribution in [-0.4, -0.2) is 46.6 Å². The van der Waals surface area contributed by atoms with E-state index in [1.807, 2.05) is 35.2 Å². The van der Waals surface area contributed by atoms with Crippen LogP contribution in [0.4, 0.5) is 0 Å². The van der Waals surface area contributed by atoms with E-state index in [4.69, 9.17) is 4.74 Å². The van der Waals surface area contributed by atoms with Crippen molar-refractivity contribution >= 4 is 16.9 Å². The zero-order valence-electron chi connectivity index (χ0n) is 15.6. The highest BCUT2D eigenvalue weighted by atomic mass is 16.5. The Kier molecular flexibility index (Phi) is 5.21. The van der Waals surface area contributed by atoms with Crippen LogP contribution in [0.3, 0.4) is 0 Å². The minimum atomic E-state index is 0.0860. The first-order valence-corrected chi connectivity index (χ1v) is 9.69. The van der Waals surface area contributed by atoms with E-state index in [1.54, 1.807) is 6.33 Å². The molecule has 1 aliphatic heterocycles. The number of aromatic amines is 1. The number of rotatable bonds is 6. The Balaban J connectivity index is 1.51. The highest BCUT2D eigenvalue weighted by molar-refractivity contribution is 5.95. The Morgan fingerprint density at radius 1 is 1.22 bits per heavy atom. The van der Waals surface area contributed by atoms with Gasteiger partial charge in [0.1, 0.15) is 0 Å². The standard InChI is InChI=1S/C22H25N3O2/c1-2-11-25(14-19-4-3-12-27-19)22(26)17-7-5-16(6-8-17)18-9-10-20-21(13-18)24-15-23-20/h5-10,13,15,19H,2-4,11-12,14H2,1H3,(H,23,24)/t19-/m0/s1. The van der Waals surface area contributed by atoms with E-state index >= 15 is 0 Å². The molecular formula is C22H25N3O2. The normalized spacial score (nSPS) is 16.7. The maximum atomic E-state index is 13.0. The zero-order valence-corrected chi connectivity index (χ0v) is 15.6. The van der Waals surface area contributed by atoms with E-state index in [2.05, 4.69) is 29.0 Å². The van der Waals surface area contributed by atoms with E-state index < -0.39 is 0 Å². The number of imidazole rings is 1. The Bertz CT molecular complexity index is 911. The summed E-state index contributed by atoms with van der Waals surface area (Å²) in [6, 6.07) is 14.0. The summed E-state index contributed by atoms with van der Waals surface area (Å²) < 4.78 is 5.72. The molecule has 1 amide bonds. The Morgan fingerprint density at radius 3 is 2.78 bits per heavy atom. The molecule has 1 aliphatic rings. The molecule has 2 heterocycles. The summed E-state index contributed by atoms with van der Waals surface area (Å²) in [4.78, 5) is 22.3. The Labute approximate surface area is 159 Å². The number of nitrogens with one attached hydrogen (secondary N) is 1. The average molecular weight is 363 g/mol. The van der Waals surface area contributed by atoms with Gasteiger partial charge in [0.2, 0.25) is 0 Å². The van der Waals surface area contributed by atoms with Crippen molar-refractivity contribution in [2.75, 3.05) is 19.7 Å². The molecule has 0 bridgehead atoms. The number of aromatic nitrogens is 2. The van der Waals surface area contributed by atoms with E-state index in [9.17, 15) is 4.79 Å². The number of hydrogen-bond acceptors (Lipinski definition) is 3. The second-order valence-electron chi connectivity index (χ2n) is 7.10. The number of carbonyl (C=O) groups is 1. The molecule has 5 nitrogen and oxygen atoms in total. The fourth-order valence-corrected chi connectivity index (χ4v) is 3.68. The molecule has 27 heavy (non-hydrogen) atoms. The largest absolute Gasteiger partial charge is 0.376 e. The maximum absolute atomic E-state index is 13.0. The van der Waals surface area contributed by atoms with Crippen molar-refractivity contribution in [1.82, 2.24) is 14.9 Å². The number of nitrogens with zero attached hydrogens (tertiary/aromatic N) is 2. The minimum absolute atomic E-state index is 0.0860. The summed E-state index contributed by atoms with van der Waals surface area (Å²) in [6.45, 7) is 4.36. The fourth-order valence-electron chi connectivity index (χ4n) is 3.68. The van der Waals surface area contributed by atoms with Crippen molar-refractivity contribution in [2.45, 2.75) is 32.3 Å². The molecular weight excluding hydrogens is 338 g/mol. The summed E-state index contributed by atoms with van der Waals surface area (Å²) in [6.07, 6.45) is 4.96. The monoisotopic (exact) mass is 363 g/mol. The molecule has 0 unspecified atom stereocenters.